The van der Waals surface area contributed by atoms with E-state index in [1.165, 1.54) is 23.1 Å². The van der Waals surface area contributed by atoms with Gasteiger partial charge in [0.05, 0.1) is 5.56 Å². The number of rotatable bonds is 2. The Hall–Kier alpha value is -2.28. The average molecular weight is 312 g/mol. The Bertz CT molecular complexity index is 591. The van der Waals surface area contributed by atoms with Crippen LogP contribution in [0.1, 0.15) is 16.8 Å². The number of hydrogen-bond donors (Lipinski definition) is 3. The molecular formula is C13H14ClN3O4. The molecule has 0 bridgehead atoms. The number of benzene rings is 1. The monoisotopic (exact) mass is 311 g/mol. The third-order valence-electron chi connectivity index (χ3n) is 2.94. The summed E-state index contributed by atoms with van der Waals surface area (Å²) in [7, 11) is 0. The lowest BCUT2D eigenvalue weighted by atomic mass is 10.2. The first-order valence-electron chi connectivity index (χ1n) is 6.32. The van der Waals surface area contributed by atoms with Crippen molar-refractivity contribution in [3.05, 3.63) is 28.8 Å². The fourth-order valence-corrected chi connectivity index (χ4v) is 2.20. The van der Waals surface area contributed by atoms with E-state index in [4.69, 9.17) is 16.7 Å². The first-order valence-corrected chi connectivity index (χ1v) is 6.70. The molecule has 8 heteroatoms. The summed E-state index contributed by atoms with van der Waals surface area (Å²) in [5, 5.41) is 14.4. The lowest BCUT2D eigenvalue weighted by Gasteiger charge is -2.19. The molecule has 0 spiro atoms. The van der Waals surface area contributed by atoms with E-state index in [0.29, 0.717) is 19.5 Å². The minimum atomic E-state index is -1.14. The topological polar surface area (TPSA) is 98.7 Å². The Morgan fingerprint density at radius 1 is 1.33 bits per heavy atom. The fourth-order valence-electron chi connectivity index (χ4n) is 1.97. The molecule has 1 aromatic rings. The molecule has 0 aromatic heterocycles. The summed E-state index contributed by atoms with van der Waals surface area (Å²) >= 11 is 5.82. The molecule has 1 fully saturated rings. The first kappa shape index (κ1) is 15.1. The van der Waals surface area contributed by atoms with Crippen LogP contribution in [0.25, 0.3) is 0 Å². The molecule has 1 aliphatic heterocycles. The van der Waals surface area contributed by atoms with Crippen molar-refractivity contribution in [3.63, 3.8) is 0 Å². The smallest absolute Gasteiger partial charge is 0.335 e. The molecule has 0 aliphatic carbocycles. The van der Waals surface area contributed by atoms with Gasteiger partial charge in [-0.2, -0.15) is 0 Å². The van der Waals surface area contributed by atoms with E-state index in [-0.39, 0.29) is 28.7 Å². The van der Waals surface area contributed by atoms with E-state index in [0.717, 1.165) is 0 Å². The van der Waals surface area contributed by atoms with Gasteiger partial charge in [-0.05, 0) is 24.6 Å². The van der Waals surface area contributed by atoms with Gasteiger partial charge in [0, 0.05) is 23.8 Å². The standard InChI is InChI=1S/C13H14ClN3O4/c14-9-4-8(12(19)20)5-10(6-9)16-13(21)17-3-1-2-15-11(18)7-17/h4-6H,1-3,7H2,(H,15,18)(H,16,21)(H,19,20). The van der Waals surface area contributed by atoms with E-state index in [1.54, 1.807) is 0 Å². The normalized spacial score (nSPS) is 15.1. The van der Waals surface area contributed by atoms with Crippen LogP contribution in [0, 0.1) is 0 Å². The van der Waals surface area contributed by atoms with Crippen molar-refractivity contribution in [1.29, 1.82) is 0 Å². The molecule has 0 atom stereocenters. The van der Waals surface area contributed by atoms with Crippen molar-refractivity contribution >= 4 is 35.2 Å². The molecule has 2 rings (SSSR count). The van der Waals surface area contributed by atoms with Crippen molar-refractivity contribution in [2.75, 3.05) is 25.0 Å². The predicted octanol–water partition coefficient (Wildman–Crippen LogP) is 1.39. The lowest BCUT2D eigenvalue weighted by molar-refractivity contribution is -0.120. The highest BCUT2D eigenvalue weighted by Crippen LogP contribution is 2.19. The van der Waals surface area contributed by atoms with Crippen LogP contribution in [0.5, 0.6) is 0 Å². The highest BCUT2D eigenvalue weighted by Gasteiger charge is 2.20. The summed E-state index contributed by atoms with van der Waals surface area (Å²) < 4.78 is 0. The van der Waals surface area contributed by atoms with Crippen molar-refractivity contribution in [1.82, 2.24) is 10.2 Å². The molecule has 21 heavy (non-hydrogen) atoms. The molecule has 1 aliphatic rings. The molecule has 3 amide bonds. The SMILES string of the molecule is O=C1CN(C(=O)Nc2cc(Cl)cc(C(=O)O)c2)CCCN1. The molecule has 0 unspecified atom stereocenters. The number of urea groups is 1. The minimum Gasteiger partial charge on any atom is -0.478 e. The van der Waals surface area contributed by atoms with Crippen LogP contribution >= 0.6 is 11.6 Å². The molecule has 1 heterocycles. The number of amides is 3. The third kappa shape index (κ3) is 4.09. The van der Waals surface area contributed by atoms with E-state index in [9.17, 15) is 14.4 Å². The number of halogens is 1. The summed E-state index contributed by atoms with van der Waals surface area (Å²) in [6.07, 6.45) is 0.662. The van der Waals surface area contributed by atoms with Gasteiger partial charge in [-0.25, -0.2) is 9.59 Å². The Morgan fingerprint density at radius 3 is 2.81 bits per heavy atom. The zero-order valence-electron chi connectivity index (χ0n) is 11.1. The molecule has 0 saturated carbocycles. The van der Waals surface area contributed by atoms with E-state index < -0.39 is 12.0 Å². The number of nitrogens with zero attached hydrogens (tertiary/aromatic N) is 1. The van der Waals surface area contributed by atoms with Crippen molar-refractivity contribution in [2.24, 2.45) is 0 Å². The van der Waals surface area contributed by atoms with Gasteiger partial charge >= 0.3 is 12.0 Å². The number of carboxylic acids is 1. The second-order valence-electron chi connectivity index (χ2n) is 4.59. The second kappa shape index (κ2) is 6.45. The molecular weight excluding hydrogens is 298 g/mol. The largest absolute Gasteiger partial charge is 0.478 e. The van der Waals surface area contributed by atoms with E-state index in [1.807, 2.05) is 0 Å². The summed E-state index contributed by atoms with van der Waals surface area (Å²) in [6.45, 7) is 0.943. The fraction of sp³-hybridized carbons (Fsp3) is 0.308. The third-order valence-corrected chi connectivity index (χ3v) is 3.16. The average Bonchev–Trinajstić information content (AvgIpc) is 2.62. The van der Waals surface area contributed by atoms with Crippen LogP contribution in [0.3, 0.4) is 0 Å². The van der Waals surface area contributed by atoms with Crippen LogP contribution in [0.4, 0.5) is 10.5 Å². The van der Waals surface area contributed by atoms with Crippen molar-refractivity contribution in [2.45, 2.75) is 6.42 Å². The summed E-state index contributed by atoms with van der Waals surface area (Å²) in [4.78, 5) is 35.8. The van der Waals surface area contributed by atoms with E-state index in [2.05, 4.69) is 10.6 Å². The maximum Gasteiger partial charge on any atom is 0.335 e. The van der Waals surface area contributed by atoms with Crippen LogP contribution in [-0.4, -0.2) is 47.5 Å². The molecule has 1 aromatic carbocycles. The van der Waals surface area contributed by atoms with Crippen LogP contribution < -0.4 is 10.6 Å². The van der Waals surface area contributed by atoms with Gasteiger partial charge < -0.3 is 20.6 Å². The lowest BCUT2D eigenvalue weighted by Crippen LogP contribution is -2.39. The molecule has 0 radical (unpaired) electrons. The van der Waals surface area contributed by atoms with Crippen molar-refractivity contribution in [3.8, 4) is 0 Å². The van der Waals surface area contributed by atoms with Gasteiger partial charge in [0.15, 0.2) is 0 Å². The highest BCUT2D eigenvalue weighted by atomic mass is 35.5. The molecule has 3 N–H and O–H groups in total. The Balaban J connectivity index is 2.11. The number of anilines is 1. The van der Waals surface area contributed by atoms with Crippen LogP contribution in [0.15, 0.2) is 18.2 Å². The Morgan fingerprint density at radius 2 is 2.10 bits per heavy atom. The van der Waals surface area contributed by atoms with Gasteiger partial charge in [0.2, 0.25) is 5.91 Å². The number of carboxylic acid groups (broad SMARTS) is 1. The van der Waals surface area contributed by atoms with Crippen molar-refractivity contribution < 1.29 is 19.5 Å². The zero-order valence-corrected chi connectivity index (χ0v) is 11.8. The van der Waals surface area contributed by atoms with Gasteiger partial charge in [0.25, 0.3) is 0 Å². The van der Waals surface area contributed by atoms with Gasteiger partial charge in [-0.3, -0.25) is 4.79 Å². The van der Waals surface area contributed by atoms with Gasteiger partial charge in [-0.1, -0.05) is 11.6 Å². The summed E-state index contributed by atoms with van der Waals surface area (Å²) in [6, 6.07) is 3.58. The number of aromatic carboxylic acids is 1. The first-order chi connectivity index (χ1) is 9.95. The second-order valence-corrected chi connectivity index (χ2v) is 5.03. The maximum atomic E-state index is 12.1. The van der Waals surface area contributed by atoms with Crippen LogP contribution in [0.2, 0.25) is 5.02 Å². The number of carbonyl (C=O) groups is 3. The summed E-state index contributed by atoms with van der Waals surface area (Å²) in [5.41, 5.74) is 0.251. The minimum absolute atomic E-state index is 0.0218. The number of carbonyl (C=O) groups excluding carboxylic acids is 2. The Labute approximate surface area is 125 Å². The predicted molar refractivity (Wildman–Crippen MR) is 76.6 cm³/mol. The van der Waals surface area contributed by atoms with Gasteiger partial charge in [0.1, 0.15) is 6.54 Å². The quantitative estimate of drug-likeness (QED) is 0.768. The molecule has 7 nitrogen and oxygen atoms in total. The Kier molecular flexibility index (Phi) is 4.64. The van der Waals surface area contributed by atoms with E-state index >= 15 is 0 Å². The number of hydrogen-bond acceptors (Lipinski definition) is 3. The van der Waals surface area contributed by atoms with Crippen LogP contribution in [-0.2, 0) is 4.79 Å². The molecule has 1 saturated heterocycles. The van der Waals surface area contributed by atoms with Gasteiger partial charge in [-0.15, -0.1) is 0 Å². The zero-order chi connectivity index (χ0) is 15.4. The maximum absolute atomic E-state index is 12.1. The highest BCUT2D eigenvalue weighted by molar-refractivity contribution is 6.31. The molecule has 112 valence electrons. The summed E-state index contributed by atoms with van der Waals surface area (Å²) in [5.74, 6) is -1.36. The number of nitrogens with one attached hydrogen (secondary N) is 2.